The molecule has 1 aromatic rings. The van der Waals surface area contributed by atoms with Crippen LogP contribution in [-0.4, -0.2) is 29.4 Å². The fraction of sp³-hybridized carbons (Fsp3) is 0.562. The second-order valence-corrected chi connectivity index (χ2v) is 6.42. The number of benzene rings is 1. The molecule has 0 saturated heterocycles. The Hall–Kier alpha value is -1.16. The van der Waals surface area contributed by atoms with Gasteiger partial charge in [0.15, 0.2) is 0 Å². The van der Waals surface area contributed by atoms with Gasteiger partial charge < -0.3 is 10.0 Å². The summed E-state index contributed by atoms with van der Waals surface area (Å²) in [5, 5.41) is 9.62. The zero-order valence-corrected chi connectivity index (χ0v) is 13.1. The Morgan fingerprint density at radius 2 is 2.05 bits per heavy atom. The molecule has 1 aliphatic rings. The van der Waals surface area contributed by atoms with Gasteiger partial charge in [-0.3, -0.25) is 0 Å². The highest BCUT2D eigenvalue weighted by Crippen LogP contribution is 2.35. The fourth-order valence-corrected chi connectivity index (χ4v) is 3.91. The third-order valence-electron chi connectivity index (χ3n) is 3.93. The van der Waals surface area contributed by atoms with Crippen LogP contribution in [0.3, 0.4) is 0 Å². The molecule has 0 spiro atoms. The number of hydrogen-bond acceptors (Lipinski definition) is 3. The van der Waals surface area contributed by atoms with Gasteiger partial charge in [-0.25, -0.2) is 4.79 Å². The summed E-state index contributed by atoms with van der Waals surface area (Å²) in [6, 6.07) is 6.37. The summed E-state index contributed by atoms with van der Waals surface area (Å²) in [5.41, 5.74) is 1.37. The Morgan fingerprint density at radius 3 is 2.60 bits per heavy atom. The van der Waals surface area contributed by atoms with Crippen molar-refractivity contribution in [3.05, 3.63) is 23.8 Å². The van der Waals surface area contributed by atoms with Crippen molar-refractivity contribution in [2.24, 2.45) is 0 Å². The zero-order valence-electron chi connectivity index (χ0n) is 12.3. The number of hydrogen-bond donors (Lipinski definition) is 1. The lowest BCUT2D eigenvalue weighted by Gasteiger charge is -2.31. The average molecular weight is 293 g/mol. The van der Waals surface area contributed by atoms with Crippen LogP contribution in [0.15, 0.2) is 23.1 Å². The summed E-state index contributed by atoms with van der Waals surface area (Å²) in [6.45, 7) is 5.03. The van der Waals surface area contributed by atoms with Crippen LogP contribution < -0.4 is 4.90 Å². The molecule has 1 N–H and O–H groups in total. The van der Waals surface area contributed by atoms with Crippen molar-refractivity contribution in [1.29, 1.82) is 0 Å². The van der Waals surface area contributed by atoms with E-state index < -0.39 is 5.97 Å². The highest BCUT2D eigenvalue weighted by atomic mass is 32.2. The van der Waals surface area contributed by atoms with Crippen molar-refractivity contribution in [1.82, 2.24) is 0 Å². The lowest BCUT2D eigenvalue weighted by Crippen LogP contribution is -2.34. The molecule has 0 heterocycles. The molecule has 0 bridgehead atoms. The van der Waals surface area contributed by atoms with Crippen LogP contribution >= 0.6 is 11.8 Å². The Morgan fingerprint density at radius 1 is 1.35 bits per heavy atom. The van der Waals surface area contributed by atoms with E-state index in [9.17, 15) is 9.90 Å². The number of thioether (sulfide) groups is 1. The Kier molecular flexibility index (Phi) is 5.35. The summed E-state index contributed by atoms with van der Waals surface area (Å²) in [6.07, 6.45) is 4.87. The van der Waals surface area contributed by atoms with E-state index in [4.69, 9.17) is 0 Å². The van der Waals surface area contributed by atoms with E-state index in [2.05, 4.69) is 18.7 Å². The summed E-state index contributed by atoms with van der Waals surface area (Å²) in [7, 11) is 0. The minimum Gasteiger partial charge on any atom is -0.478 e. The van der Waals surface area contributed by atoms with Crippen molar-refractivity contribution in [2.75, 3.05) is 17.2 Å². The van der Waals surface area contributed by atoms with Gasteiger partial charge in [-0.05, 0) is 37.7 Å². The normalized spacial score (nSPS) is 15.5. The lowest BCUT2D eigenvalue weighted by atomic mass is 10.1. The number of carboxylic acid groups (broad SMARTS) is 1. The molecule has 0 unspecified atom stereocenters. The molecule has 1 saturated carbocycles. The lowest BCUT2D eigenvalue weighted by molar-refractivity contribution is 0.0693. The van der Waals surface area contributed by atoms with E-state index in [-0.39, 0.29) is 0 Å². The number of nitrogens with zero attached hydrogens (tertiary/aromatic N) is 1. The molecule has 0 atom stereocenters. The minimum absolute atomic E-state index is 0.480. The summed E-state index contributed by atoms with van der Waals surface area (Å²) < 4.78 is 0. The molecule has 0 amide bonds. The molecule has 20 heavy (non-hydrogen) atoms. The van der Waals surface area contributed by atoms with Gasteiger partial charge in [0.1, 0.15) is 0 Å². The van der Waals surface area contributed by atoms with Gasteiger partial charge in [0, 0.05) is 17.5 Å². The molecule has 4 heteroatoms. The monoisotopic (exact) mass is 293 g/mol. The second-order valence-electron chi connectivity index (χ2n) is 5.11. The van der Waals surface area contributed by atoms with Crippen LogP contribution in [0.5, 0.6) is 0 Å². The molecule has 0 aromatic heterocycles. The van der Waals surface area contributed by atoms with E-state index in [1.165, 1.54) is 25.7 Å². The van der Waals surface area contributed by atoms with E-state index in [1.807, 2.05) is 18.2 Å². The Balaban J connectivity index is 2.42. The van der Waals surface area contributed by atoms with Gasteiger partial charge in [-0.15, -0.1) is 11.8 Å². The standard InChI is InChI=1S/C16H23NO2S/c1-3-17(12-8-5-6-9-12)13-10-7-11-14(20-4-2)15(13)16(18)19/h7,10-12H,3-6,8-9H2,1-2H3,(H,18,19). The van der Waals surface area contributed by atoms with E-state index >= 15 is 0 Å². The van der Waals surface area contributed by atoms with Crippen LogP contribution in [0, 0.1) is 0 Å². The van der Waals surface area contributed by atoms with Crippen LogP contribution in [-0.2, 0) is 0 Å². The molecule has 2 rings (SSSR count). The smallest absolute Gasteiger partial charge is 0.338 e. The van der Waals surface area contributed by atoms with Crippen LogP contribution in [0.4, 0.5) is 5.69 Å². The molecule has 0 radical (unpaired) electrons. The van der Waals surface area contributed by atoms with E-state index in [1.54, 1.807) is 11.8 Å². The van der Waals surface area contributed by atoms with Crippen molar-refractivity contribution >= 4 is 23.4 Å². The maximum Gasteiger partial charge on any atom is 0.338 e. The molecular weight excluding hydrogens is 270 g/mol. The molecule has 1 aromatic carbocycles. The Labute approximate surface area is 125 Å². The first-order chi connectivity index (χ1) is 9.69. The van der Waals surface area contributed by atoms with Crippen molar-refractivity contribution in [3.8, 4) is 0 Å². The van der Waals surface area contributed by atoms with Crippen molar-refractivity contribution in [2.45, 2.75) is 50.5 Å². The van der Waals surface area contributed by atoms with Gasteiger partial charge in [-0.2, -0.15) is 0 Å². The number of aromatic carboxylic acids is 1. The Bertz CT molecular complexity index is 470. The minimum atomic E-state index is -0.812. The zero-order chi connectivity index (χ0) is 14.5. The predicted octanol–water partition coefficient (Wildman–Crippen LogP) is 4.27. The maximum atomic E-state index is 11.7. The molecule has 0 aliphatic heterocycles. The second kappa shape index (κ2) is 7.02. The first-order valence-corrected chi connectivity index (χ1v) is 8.43. The van der Waals surface area contributed by atoms with Crippen molar-refractivity contribution in [3.63, 3.8) is 0 Å². The van der Waals surface area contributed by atoms with Gasteiger partial charge in [0.2, 0.25) is 0 Å². The molecule has 110 valence electrons. The van der Waals surface area contributed by atoms with Crippen molar-refractivity contribution < 1.29 is 9.90 Å². The van der Waals surface area contributed by atoms with Crippen LogP contribution in [0.25, 0.3) is 0 Å². The topological polar surface area (TPSA) is 40.5 Å². The number of carboxylic acids is 1. The maximum absolute atomic E-state index is 11.7. The summed E-state index contributed by atoms with van der Waals surface area (Å²) in [5.74, 6) is 0.0761. The number of rotatable bonds is 6. The third kappa shape index (κ3) is 3.11. The predicted molar refractivity (Wildman–Crippen MR) is 85.1 cm³/mol. The van der Waals surface area contributed by atoms with Gasteiger partial charge in [-0.1, -0.05) is 25.8 Å². The van der Waals surface area contributed by atoms with Crippen LogP contribution in [0.2, 0.25) is 0 Å². The van der Waals surface area contributed by atoms with E-state index in [0.717, 1.165) is 22.9 Å². The first kappa shape index (κ1) is 15.2. The fourth-order valence-electron chi connectivity index (χ4n) is 3.09. The van der Waals surface area contributed by atoms with Gasteiger partial charge >= 0.3 is 5.97 Å². The first-order valence-electron chi connectivity index (χ1n) is 7.44. The van der Waals surface area contributed by atoms with E-state index in [0.29, 0.717) is 11.6 Å². The highest BCUT2D eigenvalue weighted by Gasteiger charge is 2.26. The molecular formula is C16H23NO2S. The highest BCUT2D eigenvalue weighted by molar-refractivity contribution is 7.99. The van der Waals surface area contributed by atoms with Crippen LogP contribution in [0.1, 0.15) is 49.9 Å². The summed E-state index contributed by atoms with van der Waals surface area (Å²) in [4.78, 5) is 14.9. The largest absolute Gasteiger partial charge is 0.478 e. The number of carbonyl (C=O) groups is 1. The number of anilines is 1. The molecule has 1 aliphatic carbocycles. The SMILES string of the molecule is CCSc1cccc(N(CC)C2CCCC2)c1C(=O)O. The quantitative estimate of drug-likeness (QED) is 0.795. The average Bonchev–Trinajstić information content (AvgIpc) is 2.94. The molecule has 1 fully saturated rings. The third-order valence-corrected chi connectivity index (χ3v) is 4.87. The molecule has 3 nitrogen and oxygen atoms in total. The van der Waals surface area contributed by atoms with Gasteiger partial charge in [0.25, 0.3) is 0 Å². The summed E-state index contributed by atoms with van der Waals surface area (Å²) >= 11 is 1.61. The van der Waals surface area contributed by atoms with Gasteiger partial charge in [0.05, 0.1) is 11.3 Å².